The van der Waals surface area contributed by atoms with Gasteiger partial charge >= 0.3 is 5.97 Å². The average Bonchev–Trinajstić information content (AvgIpc) is 2.43. The zero-order chi connectivity index (χ0) is 15.3. The molecule has 0 aliphatic heterocycles. The molecule has 0 radical (unpaired) electrons. The molecular formula is C11H11FN2O6. The Morgan fingerprint density at radius 3 is 2.70 bits per heavy atom. The lowest BCUT2D eigenvalue weighted by Gasteiger charge is -2.10. The maximum Gasteiger partial charge on any atom is 0.336 e. The van der Waals surface area contributed by atoms with Crippen LogP contribution in [0.5, 0.6) is 0 Å². The van der Waals surface area contributed by atoms with Crippen LogP contribution in [0.1, 0.15) is 10.4 Å². The number of aliphatic hydroxyl groups is 1. The van der Waals surface area contributed by atoms with Crippen LogP contribution in [-0.2, 0) is 9.53 Å². The summed E-state index contributed by atoms with van der Waals surface area (Å²) in [5.74, 6) is -2.95. The molecule has 8 nitrogen and oxygen atoms in total. The van der Waals surface area contributed by atoms with E-state index >= 15 is 0 Å². The fraction of sp³-hybridized carbons (Fsp3) is 0.273. The standard InChI is InChI=1S/C11H11FN2O6/c1-20-11(17)9(15)5-13-10(16)7-3-2-6(14(18)19)4-8(7)12/h2-4,9,15H,5H2,1H3,(H,13,16). The van der Waals surface area contributed by atoms with Crippen LogP contribution < -0.4 is 5.32 Å². The molecule has 0 bridgehead atoms. The second-order valence-corrected chi connectivity index (χ2v) is 3.67. The van der Waals surface area contributed by atoms with E-state index in [-0.39, 0.29) is 0 Å². The van der Waals surface area contributed by atoms with Crippen molar-refractivity contribution in [1.29, 1.82) is 0 Å². The third-order valence-corrected chi connectivity index (χ3v) is 2.34. The number of rotatable bonds is 5. The number of nitrogens with one attached hydrogen (secondary N) is 1. The molecule has 1 aromatic rings. The van der Waals surface area contributed by atoms with E-state index in [1.165, 1.54) is 0 Å². The normalized spacial score (nSPS) is 11.6. The fourth-order valence-corrected chi connectivity index (χ4v) is 1.31. The summed E-state index contributed by atoms with van der Waals surface area (Å²) in [7, 11) is 1.06. The number of aliphatic hydroxyl groups excluding tert-OH is 1. The van der Waals surface area contributed by atoms with Gasteiger partial charge in [0.1, 0.15) is 5.82 Å². The van der Waals surface area contributed by atoms with Gasteiger partial charge in [0, 0.05) is 6.07 Å². The predicted molar refractivity (Wildman–Crippen MR) is 63.4 cm³/mol. The van der Waals surface area contributed by atoms with Crippen molar-refractivity contribution in [3.05, 3.63) is 39.7 Å². The van der Waals surface area contributed by atoms with E-state index in [0.717, 1.165) is 19.2 Å². The number of non-ortho nitro benzene ring substituents is 1. The number of halogens is 1. The van der Waals surface area contributed by atoms with Gasteiger partial charge in [-0.1, -0.05) is 0 Å². The number of methoxy groups -OCH3 is 1. The van der Waals surface area contributed by atoms with E-state index in [4.69, 9.17) is 0 Å². The number of amides is 1. The Balaban J connectivity index is 2.73. The van der Waals surface area contributed by atoms with Gasteiger partial charge in [-0.2, -0.15) is 0 Å². The van der Waals surface area contributed by atoms with Gasteiger partial charge in [0.15, 0.2) is 6.10 Å². The highest BCUT2D eigenvalue weighted by molar-refractivity contribution is 5.95. The number of hydrogen-bond donors (Lipinski definition) is 2. The van der Waals surface area contributed by atoms with Crippen LogP contribution in [0.15, 0.2) is 18.2 Å². The maximum absolute atomic E-state index is 13.5. The smallest absolute Gasteiger partial charge is 0.336 e. The SMILES string of the molecule is COC(=O)C(O)CNC(=O)c1ccc([N+](=O)[O-])cc1F. The first-order chi connectivity index (χ1) is 9.36. The highest BCUT2D eigenvalue weighted by Gasteiger charge is 2.19. The van der Waals surface area contributed by atoms with Gasteiger partial charge in [-0.05, 0) is 6.07 Å². The molecule has 0 aliphatic rings. The second-order valence-electron chi connectivity index (χ2n) is 3.67. The van der Waals surface area contributed by atoms with Gasteiger partial charge < -0.3 is 15.2 Å². The largest absolute Gasteiger partial charge is 0.467 e. The van der Waals surface area contributed by atoms with Crippen LogP contribution in [0.4, 0.5) is 10.1 Å². The Labute approximate surface area is 112 Å². The summed E-state index contributed by atoms with van der Waals surface area (Å²) in [5, 5.41) is 21.7. The number of nitrogens with zero attached hydrogens (tertiary/aromatic N) is 1. The number of carbonyl (C=O) groups excluding carboxylic acids is 2. The number of carbonyl (C=O) groups is 2. The zero-order valence-electron chi connectivity index (χ0n) is 10.3. The number of nitro benzene ring substituents is 1. The number of esters is 1. The van der Waals surface area contributed by atoms with Crippen molar-refractivity contribution in [3.63, 3.8) is 0 Å². The Morgan fingerprint density at radius 2 is 2.20 bits per heavy atom. The number of nitro groups is 1. The Bertz CT molecular complexity index is 548. The highest BCUT2D eigenvalue weighted by Crippen LogP contribution is 2.16. The minimum Gasteiger partial charge on any atom is -0.467 e. The van der Waals surface area contributed by atoms with Gasteiger partial charge in [0.25, 0.3) is 11.6 Å². The van der Waals surface area contributed by atoms with E-state index in [1.54, 1.807) is 0 Å². The summed E-state index contributed by atoms with van der Waals surface area (Å²) in [4.78, 5) is 32.1. The van der Waals surface area contributed by atoms with Crippen LogP contribution in [0.2, 0.25) is 0 Å². The van der Waals surface area contributed by atoms with Crippen molar-refractivity contribution in [2.75, 3.05) is 13.7 Å². The molecule has 0 heterocycles. The minimum atomic E-state index is -1.58. The first-order valence-corrected chi connectivity index (χ1v) is 5.35. The Hall–Kier alpha value is -2.55. The Morgan fingerprint density at radius 1 is 1.55 bits per heavy atom. The fourth-order valence-electron chi connectivity index (χ4n) is 1.31. The second kappa shape index (κ2) is 6.57. The van der Waals surface area contributed by atoms with E-state index in [0.29, 0.717) is 6.07 Å². The number of benzene rings is 1. The van der Waals surface area contributed by atoms with Crippen molar-refractivity contribution in [2.45, 2.75) is 6.10 Å². The third kappa shape index (κ3) is 3.72. The molecule has 20 heavy (non-hydrogen) atoms. The molecule has 0 spiro atoms. The summed E-state index contributed by atoms with van der Waals surface area (Å²) in [6.45, 7) is -0.470. The summed E-state index contributed by atoms with van der Waals surface area (Å²) >= 11 is 0. The molecule has 1 unspecified atom stereocenters. The highest BCUT2D eigenvalue weighted by atomic mass is 19.1. The minimum absolute atomic E-state index is 0.437. The summed E-state index contributed by atoms with van der Waals surface area (Å²) in [6.07, 6.45) is -1.58. The number of ether oxygens (including phenoxy) is 1. The molecule has 0 aromatic heterocycles. The van der Waals surface area contributed by atoms with Crippen molar-refractivity contribution in [1.82, 2.24) is 5.32 Å². The lowest BCUT2D eigenvalue weighted by atomic mass is 10.1. The lowest BCUT2D eigenvalue weighted by molar-refractivity contribution is -0.385. The molecule has 1 atom stereocenters. The molecule has 1 rings (SSSR count). The molecule has 1 amide bonds. The van der Waals surface area contributed by atoms with E-state index in [1.807, 2.05) is 0 Å². The lowest BCUT2D eigenvalue weighted by Crippen LogP contribution is -2.37. The van der Waals surface area contributed by atoms with Gasteiger partial charge in [-0.15, -0.1) is 0 Å². The Kier molecular flexibility index (Phi) is 5.09. The number of hydrogen-bond acceptors (Lipinski definition) is 6. The van der Waals surface area contributed by atoms with E-state index in [9.17, 15) is 29.2 Å². The van der Waals surface area contributed by atoms with Gasteiger partial charge in [0.2, 0.25) is 0 Å². The zero-order valence-corrected chi connectivity index (χ0v) is 10.3. The molecule has 0 aliphatic carbocycles. The first kappa shape index (κ1) is 15.5. The van der Waals surface area contributed by atoms with Crippen LogP contribution in [0, 0.1) is 15.9 Å². The summed E-state index contributed by atoms with van der Waals surface area (Å²) in [6, 6.07) is 2.51. The van der Waals surface area contributed by atoms with Crippen LogP contribution in [0.25, 0.3) is 0 Å². The van der Waals surface area contributed by atoms with E-state index in [2.05, 4.69) is 10.1 Å². The van der Waals surface area contributed by atoms with Crippen molar-refractivity contribution in [2.24, 2.45) is 0 Å². The topological polar surface area (TPSA) is 119 Å². The molecular weight excluding hydrogens is 275 g/mol. The van der Waals surface area contributed by atoms with Gasteiger partial charge in [-0.3, -0.25) is 14.9 Å². The van der Waals surface area contributed by atoms with Gasteiger partial charge in [-0.25, -0.2) is 9.18 Å². The molecule has 9 heteroatoms. The molecule has 0 saturated heterocycles. The molecule has 108 valence electrons. The molecule has 0 saturated carbocycles. The van der Waals surface area contributed by atoms with E-state index < -0.39 is 46.5 Å². The average molecular weight is 286 g/mol. The molecule has 0 fully saturated rings. The summed E-state index contributed by atoms with van der Waals surface area (Å²) < 4.78 is 17.7. The molecule has 1 aromatic carbocycles. The summed E-state index contributed by atoms with van der Waals surface area (Å²) in [5.41, 5.74) is -0.929. The first-order valence-electron chi connectivity index (χ1n) is 5.35. The molecule has 2 N–H and O–H groups in total. The van der Waals surface area contributed by atoms with Crippen LogP contribution in [0.3, 0.4) is 0 Å². The monoisotopic (exact) mass is 286 g/mol. The van der Waals surface area contributed by atoms with Crippen LogP contribution in [-0.4, -0.2) is 41.7 Å². The van der Waals surface area contributed by atoms with Crippen LogP contribution >= 0.6 is 0 Å². The maximum atomic E-state index is 13.5. The van der Waals surface area contributed by atoms with Crippen molar-refractivity contribution >= 4 is 17.6 Å². The predicted octanol–water partition coefficient (Wildman–Crippen LogP) is -0.00240. The van der Waals surface area contributed by atoms with Crippen molar-refractivity contribution in [3.8, 4) is 0 Å². The van der Waals surface area contributed by atoms with Gasteiger partial charge in [0.05, 0.1) is 30.2 Å². The van der Waals surface area contributed by atoms with Crippen molar-refractivity contribution < 1.29 is 28.7 Å². The quantitative estimate of drug-likeness (QED) is 0.446. The third-order valence-electron chi connectivity index (χ3n) is 2.34.